The first-order chi connectivity index (χ1) is 15.0. The van der Waals surface area contributed by atoms with Gasteiger partial charge in [-0.25, -0.2) is 0 Å². The number of nitrogens with zero attached hydrogens (tertiary/aromatic N) is 2. The first-order valence-corrected chi connectivity index (χ1v) is 11.0. The van der Waals surface area contributed by atoms with E-state index < -0.39 is 0 Å². The first kappa shape index (κ1) is 21.6. The lowest BCUT2D eigenvalue weighted by atomic mass is 9.82. The molecule has 0 saturated carbocycles. The number of benzene rings is 2. The Labute approximate surface area is 188 Å². The SMILES string of the molecule is COCCN1C(=O)CC(c2ccc(Cl)cc2)C(C(=O)N2CCCc3ccccc32)=C1C. The predicted molar refractivity (Wildman–Crippen MR) is 122 cm³/mol. The normalized spacial score (nSPS) is 18.9. The van der Waals surface area contributed by atoms with E-state index in [9.17, 15) is 9.59 Å². The van der Waals surface area contributed by atoms with Crippen molar-refractivity contribution >= 4 is 29.1 Å². The van der Waals surface area contributed by atoms with Gasteiger partial charge in [0.25, 0.3) is 5.91 Å². The van der Waals surface area contributed by atoms with Crippen molar-refractivity contribution in [3.05, 3.63) is 76.0 Å². The van der Waals surface area contributed by atoms with E-state index in [4.69, 9.17) is 16.3 Å². The van der Waals surface area contributed by atoms with Crippen molar-refractivity contribution in [3.63, 3.8) is 0 Å². The van der Waals surface area contributed by atoms with Gasteiger partial charge in [0.05, 0.1) is 6.61 Å². The van der Waals surface area contributed by atoms with Crippen molar-refractivity contribution in [2.45, 2.75) is 32.1 Å². The molecule has 0 saturated heterocycles. The molecule has 0 aliphatic carbocycles. The molecule has 0 bridgehead atoms. The molecule has 0 radical (unpaired) electrons. The third kappa shape index (κ3) is 4.25. The fourth-order valence-electron chi connectivity index (χ4n) is 4.62. The maximum atomic E-state index is 14.0. The predicted octanol–water partition coefficient (Wildman–Crippen LogP) is 4.56. The maximum absolute atomic E-state index is 14.0. The Morgan fingerprint density at radius 2 is 1.90 bits per heavy atom. The van der Waals surface area contributed by atoms with Gasteiger partial charge in [0.15, 0.2) is 0 Å². The number of hydrogen-bond donors (Lipinski definition) is 0. The van der Waals surface area contributed by atoms with Crippen LogP contribution in [0.2, 0.25) is 5.02 Å². The van der Waals surface area contributed by atoms with E-state index in [1.165, 1.54) is 5.56 Å². The van der Waals surface area contributed by atoms with Crippen LogP contribution in [-0.2, 0) is 20.7 Å². The monoisotopic (exact) mass is 438 g/mol. The topological polar surface area (TPSA) is 49.9 Å². The van der Waals surface area contributed by atoms with Crippen LogP contribution in [0.25, 0.3) is 0 Å². The molecule has 0 fully saturated rings. The van der Waals surface area contributed by atoms with Crippen LogP contribution in [0.1, 0.15) is 36.8 Å². The van der Waals surface area contributed by atoms with Gasteiger partial charge in [0, 0.05) is 54.5 Å². The van der Waals surface area contributed by atoms with Crippen molar-refractivity contribution in [1.82, 2.24) is 4.90 Å². The van der Waals surface area contributed by atoms with E-state index in [-0.39, 0.29) is 24.2 Å². The second-order valence-corrected chi connectivity index (χ2v) is 8.47. The number of fused-ring (bicyclic) bond motifs is 1. The summed E-state index contributed by atoms with van der Waals surface area (Å²) in [5, 5.41) is 0.631. The van der Waals surface area contributed by atoms with E-state index in [1.807, 2.05) is 54.3 Å². The minimum Gasteiger partial charge on any atom is -0.383 e. The van der Waals surface area contributed by atoms with E-state index in [1.54, 1.807) is 12.0 Å². The van der Waals surface area contributed by atoms with E-state index in [0.717, 1.165) is 24.1 Å². The lowest BCUT2D eigenvalue weighted by Gasteiger charge is -2.38. The summed E-state index contributed by atoms with van der Waals surface area (Å²) in [6.07, 6.45) is 2.14. The molecular weight excluding hydrogens is 412 g/mol. The number of anilines is 1. The number of ether oxygens (including phenoxy) is 1. The standard InChI is InChI=1S/C25H27ClN2O3/c1-17-24(25(30)28-13-5-7-19-6-3-4-8-22(19)28)21(18-9-11-20(26)12-10-18)16-23(29)27(17)14-15-31-2/h3-4,6,8-12,21H,5,7,13-16H2,1-2H3. The summed E-state index contributed by atoms with van der Waals surface area (Å²) in [5.74, 6) is -0.324. The number of carbonyl (C=O) groups excluding carboxylic acids is 2. The van der Waals surface area contributed by atoms with Gasteiger partial charge < -0.3 is 14.5 Å². The lowest BCUT2D eigenvalue weighted by Crippen LogP contribution is -2.44. The molecular formula is C25H27ClN2O3. The summed E-state index contributed by atoms with van der Waals surface area (Å²) >= 11 is 6.09. The first-order valence-electron chi connectivity index (χ1n) is 10.7. The van der Waals surface area contributed by atoms with Crippen LogP contribution in [0.15, 0.2) is 59.8 Å². The second-order valence-electron chi connectivity index (χ2n) is 8.03. The molecule has 2 aromatic rings. The molecule has 2 aromatic carbocycles. The number of carbonyl (C=O) groups is 2. The third-order valence-corrected chi connectivity index (χ3v) is 6.45. The van der Waals surface area contributed by atoms with Crippen LogP contribution in [0.5, 0.6) is 0 Å². The molecule has 0 N–H and O–H groups in total. The highest BCUT2D eigenvalue weighted by molar-refractivity contribution is 6.30. The summed E-state index contributed by atoms with van der Waals surface area (Å²) < 4.78 is 5.20. The Hall–Kier alpha value is -2.63. The van der Waals surface area contributed by atoms with Crippen LogP contribution in [0.3, 0.4) is 0 Å². The van der Waals surface area contributed by atoms with E-state index in [2.05, 4.69) is 6.07 Å². The highest BCUT2D eigenvalue weighted by atomic mass is 35.5. The number of rotatable bonds is 5. The molecule has 6 heteroatoms. The van der Waals surface area contributed by atoms with Crippen molar-refractivity contribution in [2.75, 3.05) is 31.7 Å². The van der Waals surface area contributed by atoms with Gasteiger partial charge in [-0.3, -0.25) is 9.59 Å². The number of methoxy groups -OCH3 is 1. The summed E-state index contributed by atoms with van der Waals surface area (Å²) in [7, 11) is 1.61. The van der Waals surface area contributed by atoms with Crippen molar-refractivity contribution < 1.29 is 14.3 Å². The van der Waals surface area contributed by atoms with Crippen LogP contribution >= 0.6 is 11.6 Å². The minimum absolute atomic E-state index is 0.00472. The van der Waals surface area contributed by atoms with Crippen LogP contribution in [0, 0.1) is 0 Å². The van der Waals surface area contributed by atoms with Crippen molar-refractivity contribution in [2.24, 2.45) is 0 Å². The molecule has 4 rings (SSSR count). The Morgan fingerprint density at radius 3 is 2.65 bits per heavy atom. The zero-order valence-electron chi connectivity index (χ0n) is 17.9. The zero-order chi connectivity index (χ0) is 22.0. The van der Waals surface area contributed by atoms with Gasteiger partial charge in [-0.15, -0.1) is 0 Å². The van der Waals surface area contributed by atoms with E-state index in [0.29, 0.717) is 36.0 Å². The van der Waals surface area contributed by atoms with Gasteiger partial charge >= 0.3 is 0 Å². The average molecular weight is 439 g/mol. The number of aryl methyl sites for hydroxylation is 1. The molecule has 162 valence electrons. The molecule has 0 aromatic heterocycles. The molecule has 1 unspecified atom stereocenters. The van der Waals surface area contributed by atoms with Crippen LogP contribution in [-0.4, -0.2) is 43.5 Å². The van der Waals surface area contributed by atoms with E-state index >= 15 is 0 Å². The highest BCUT2D eigenvalue weighted by Gasteiger charge is 2.38. The van der Waals surface area contributed by atoms with Gasteiger partial charge in [-0.05, 0) is 49.1 Å². The molecule has 2 heterocycles. The summed E-state index contributed by atoms with van der Waals surface area (Å²) in [6.45, 7) is 3.40. The Balaban J connectivity index is 1.79. The van der Waals surface area contributed by atoms with Crippen molar-refractivity contribution in [1.29, 1.82) is 0 Å². The van der Waals surface area contributed by atoms with Gasteiger partial charge in [0.1, 0.15) is 0 Å². The quantitative estimate of drug-likeness (QED) is 0.687. The molecule has 31 heavy (non-hydrogen) atoms. The Morgan fingerprint density at radius 1 is 1.16 bits per heavy atom. The molecule has 5 nitrogen and oxygen atoms in total. The third-order valence-electron chi connectivity index (χ3n) is 6.20. The van der Waals surface area contributed by atoms with Crippen LogP contribution in [0.4, 0.5) is 5.69 Å². The largest absolute Gasteiger partial charge is 0.383 e. The fourth-order valence-corrected chi connectivity index (χ4v) is 4.75. The van der Waals surface area contributed by atoms with Crippen LogP contribution < -0.4 is 4.90 Å². The number of hydrogen-bond acceptors (Lipinski definition) is 3. The highest BCUT2D eigenvalue weighted by Crippen LogP contribution is 2.39. The number of allylic oxidation sites excluding steroid dienone is 1. The minimum atomic E-state index is -0.301. The average Bonchev–Trinajstić information content (AvgIpc) is 2.78. The van der Waals surface area contributed by atoms with Crippen molar-refractivity contribution in [3.8, 4) is 0 Å². The van der Waals surface area contributed by atoms with Gasteiger partial charge in [0.2, 0.25) is 5.91 Å². The Bertz CT molecular complexity index is 1020. The molecule has 2 aliphatic rings. The molecule has 2 aliphatic heterocycles. The number of halogens is 1. The zero-order valence-corrected chi connectivity index (χ0v) is 18.7. The molecule has 1 atom stereocenters. The smallest absolute Gasteiger partial charge is 0.256 e. The molecule has 0 spiro atoms. The maximum Gasteiger partial charge on any atom is 0.256 e. The Kier molecular flexibility index (Phi) is 6.44. The van der Waals surface area contributed by atoms with Gasteiger partial charge in [-0.2, -0.15) is 0 Å². The summed E-state index contributed by atoms with van der Waals surface area (Å²) in [4.78, 5) is 30.5. The lowest BCUT2D eigenvalue weighted by molar-refractivity contribution is -0.131. The number of amides is 2. The fraction of sp³-hybridized carbons (Fsp3) is 0.360. The second kappa shape index (κ2) is 9.25. The number of para-hydroxylation sites is 1. The summed E-state index contributed by atoms with van der Waals surface area (Å²) in [5.41, 5.74) is 4.47. The summed E-state index contributed by atoms with van der Waals surface area (Å²) in [6, 6.07) is 15.5. The van der Waals surface area contributed by atoms with Gasteiger partial charge in [-0.1, -0.05) is 41.9 Å². The molecule has 2 amide bonds.